The Labute approximate surface area is 197 Å². The van der Waals surface area contributed by atoms with Crippen molar-refractivity contribution in [3.05, 3.63) is 86.0 Å². The van der Waals surface area contributed by atoms with Gasteiger partial charge in [-0.15, -0.1) is 0 Å². The summed E-state index contributed by atoms with van der Waals surface area (Å²) in [6, 6.07) is 15.3. The number of nitrogens with one attached hydrogen (secondary N) is 2. The van der Waals surface area contributed by atoms with Crippen LogP contribution in [0.1, 0.15) is 36.5 Å². The molecule has 0 aromatic heterocycles. The van der Waals surface area contributed by atoms with Crippen LogP contribution in [0.25, 0.3) is 0 Å². The highest BCUT2D eigenvalue weighted by atomic mass is 35.5. The lowest BCUT2D eigenvalue weighted by atomic mass is 9.81. The van der Waals surface area contributed by atoms with E-state index in [9.17, 15) is 14.9 Å². The Morgan fingerprint density at radius 2 is 1.91 bits per heavy atom. The standard InChI is InChI=1S/C25H24ClN3O2S/c1-14-9-10-21(15(2)11-14)29-22(31)13-32-25-19(12-27)24(18-7-5-6-8-20(18)26)23(17(4)30)16(3)28-25/h5-11,24,28H,13H2,1-4H3,(H,29,31)/t24-/m0/s1. The zero-order valence-corrected chi connectivity index (χ0v) is 19.9. The van der Waals surface area contributed by atoms with Gasteiger partial charge in [0.25, 0.3) is 0 Å². The maximum atomic E-state index is 12.6. The van der Waals surface area contributed by atoms with Gasteiger partial charge in [0.05, 0.1) is 28.3 Å². The van der Waals surface area contributed by atoms with Crippen LogP contribution < -0.4 is 10.6 Å². The number of thioether (sulfide) groups is 1. The molecule has 0 spiro atoms. The van der Waals surface area contributed by atoms with Crippen LogP contribution >= 0.6 is 23.4 Å². The summed E-state index contributed by atoms with van der Waals surface area (Å²) in [6.45, 7) is 7.22. The van der Waals surface area contributed by atoms with Crippen molar-refractivity contribution in [3.8, 4) is 6.07 Å². The van der Waals surface area contributed by atoms with Gasteiger partial charge < -0.3 is 10.6 Å². The smallest absolute Gasteiger partial charge is 0.234 e. The van der Waals surface area contributed by atoms with Gasteiger partial charge in [0.2, 0.25) is 5.91 Å². The number of carbonyl (C=O) groups excluding carboxylic acids is 2. The number of ketones is 1. The van der Waals surface area contributed by atoms with E-state index in [4.69, 9.17) is 11.6 Å². The molecule has 2 aromatic rings. The molecule has 0 bridgehead atoms. The molecule has 1 heterocycles. The van der Waals surface area contributed by atoms with Crippen molar-refractivity contribution in [1.82, 2.24) is 5.32 Å². The predicted molar refractivity (Wildman–Crippen MR) is 130 cm³/mol. The Balaban J connectivity index is 1.89. The number of carbonyl (C=O) groups is 2. The van der Waals surface area contributed by atoms with Gasteiger partial charge in [-0.3, -0.25) is 9.59 Å². The number of hydrogen-bond acceptors (Lipinski definition) is 5. The number of benzene rings is 2. The van der Waals surface area contributed by atoms with Crippen molar-refractivity contribution in [2.24, 2.45) is 0 Å². The Hall–Kier alpha value is -3.01. The molecular weight excluding hydrogens is 442 g/mol. The SMILES string of the molecule is CC(=O)C1=C(C)NC(SCC(=O)Nc2ccc(C)cc2C)=C(C#N)[C@@H]1c1ccccc1Cl. The number of Topliss-reactive ketones (excluding diaryl/α,β-unsaturated/α-hetero) is 1. The Kier molecular flexibility index (Phi) is 7.44. The van der Waals surface area contributed by atoms with E-state index in [1.165, 1.54) is 18.7 Å². The van der Waals surface area contributed by atoms with E-state index in [0.717, 1.165) is 16.8 Å². The first-order chi connectivity index (χ1) is 15.2. The number of hydrogen-bond donors (Lipinski definition) is 2. The molecule has 1 amide bonds. The Morgan fingerprint density at radius 1 is 1.19 bits per heavy atom. The number of amides is 1. The van der Waals surface area contributed by atoms with Gasteiger partial charge in [0.15, 0.2) is 5.78 Å². The normalized spacial score (nSPS) is 15.8. The number of aryl methyl sites for hydroxylation is 2. The molecule has 0 unspecified atom stereocenters. The Morgan fingerprint density at radius 3 is 2.53 bits per heavy atom. The fraction of sp³-hybridized carbons (Fsp3) is 0.240. The molecule has 1 aliphatic heterocycles. The zero-order valence-electron chi connectivity index (χ0n) is 18.4. The summed E-state index contributed by atoms with van der Waals surface area (Å²) in [5.41, 5.74) is 5.08. The molecule has 32 heavy (non-hydrogen) atoms. The fourth-order valence-electron chi connectivity index (χ4n) is 3.79. The van der Waals surface area contributed by atoms with Gasteiger partial charge in [-0.2, -0.15) is 5.26 Å². The molecule has 7 heteroatoms. The fourth-order valence-corrected chi connectivity index (χ4v) is 4.93. The average Bonchev–Trinajstić information content (AvgIpc) is 2.73. The van der Waals surface area contributed by atoms with Crippen molar-refractivity contribution in [1.29, 1.82) is 5.26 Å². The maximum absolute atomic E-state index is 12.6. The van der Waals surface area contributed by atoms with Gasteiger partial charge >= 0.3 is 0 Å². The molecule has 164 valence electrons. The quantitative estimate of drug-likeness (QED) is 0.579. The minimum absolute atomic E-state index is 0.110. The van der Waals surface area contributed by atoms with E-state index in [2.05, 4.69) is 16.7 Å². The number of halogens is 1. The Bertz CT molecular complexity index is 1190. The second kappa shape index (κ2) is 10.1. The third-order valence-corrected chi connectivity index (χ3v) is 6.61. The molecule has 0 saturated carbocycles. The first-order valence-electron chi connectivity index (χ1n) is 10.1. The van der Waals surface area contributed by atoms with E-state index < -0.39 is 5.92 Å². The van der Waals surface area contributed by atoms with Crippen LogP contribution in [0.5, 0.6) is 0 Å². The number of dihydropyridines is 1. The number of anilines is 1. The van der Waals surface area contributed by atoms with Crippen LogP contribution in [0.15, 0.2) is 64.3 Å². The first kappa shape index (κ1) is 23.6. The van der Waals surface area contributed by atoms with Crippen LogP contribution in [0, 0.1) is 25.2 Å². The summed E-state index contributed by atoms with van der Waals surface area (Å²) in [5.74, 6) is -0.790. The van der Waals surface area contributed by atoms with Crippen LogP contribution in [0.3, 0.4) is 0 Å². The highest BCUT2D eigenvalue weighted by Gasteiger charge is 2.34. The molecule has 0 aliphatic carbocycles. The summed E-state index contributed by atoms with van der Waals surface area (Å²) >= 11 is 7.67. The molecule has 3 rings (SSSR count). The molecule has 0 fully saturated rings. The molecular formula is C25H24ClN3O2S. The topological polar surface area (TPSA) is 82.0 Å². The molecule has 1 atom stereocenters. The van der Waals surface area contributed by atoms with E-state index in [1.807, 2.05) is 44.2 Å². The molecule has 0 saturated heterocycles. The van der Waals surface area contributed by atoms with Gasteiger partial charge in [-0.1, -0.05) is 59.3 Å². The lowest BCUT2D eigenvalue weighted by molar-refractivity contribution is -0.114. The third kappa shape index (κ3) is 5.07. The largest absolute Gasteiger partial charge is 0.353 e. The van der Waals surface area contributed by atoms with Gasteiger partial charge in [0.1, 0.15) is 0 Å². The van der Waals surface area contributed by atoms with Crippen molar-refractivity contribution >= 4 is 40.7 Å². The van der Waals surface area contributed by atoms with Gasteiger partial charge in [0, 0.05) is 22.0 Å². The average molecular weight is 466 g/mol. The monoisotopic (exact) mass is 465 g/mol. The third-order valence-electron chi connectivity index (χ3n) is 5.25. The molecule has 0 radical (unpaired) electrons. The van der Waals surface area contributed by atoms with Crippen molar-refractivity contribution in [2.45, 2.75) is 33.6 Å². The van der Waals surface area contributed by atoms with E-state index in [1.54, 1.807) is 19.1 Å². The lowest BCUT2D eigenvalue weighted by Crippen LogP contribution is -2.28. The van der Waals surface area contributed by atoms with E-state index in [-0.39, 0.29) is 17.4 Å². The minimum Gasteiger partial charge on any atom is -0.353 e. The second-order valence-electron chi connectivity index (χ2n) is 7.68. The summed E-state index contributed by atoms with van der Waals surface area (Å²) in [4.78, 5) is 25.0. The van der Waals surface area contributed by atoms with Crippen molar-refractivity contribution < 1.29 is 9.59 Å². The van der Waals surface area contributed by atoms with Crippen LogP contribution in [-0.2, 0) is 9.59 Å². The zero-order chi connectivity index (χ0) is 23.4. The summed E-state index contributed by atoms with van der Waals surface area (Å²) in [6.07, 6.45) is 0. The minimum atomic E-state index is -0.586. The summed E-state index contributed by atoms with van der Waals surface area (Å²) in [7, 11) is 0. The van der Waals surface area contributed by atoms with E-state index >= 15 is 0 Å². The number of rotatable bonds is 6. The molecule has 5 nitrogen and oxygen atoms in total. The number of nitrogens with zero attached hydrogens (tertiary/aromatic N) is 1. The van der Waals surface area contributed by atoms with Gasteiger partial charge in [-0.25, -0.2) is 0 Å². The van der Waals surface area contributed by atoms with Crippen molar-refractivity contribution in [2.75, 3.05) is 11.1 Å². The molecule has 1 aliphatic rings. The second-order valence-corrected chi connectivity index (χ2v) is 9.08. The van der Waals surface area contributed by atoms with Crippen LogP contribution in [0.4, 0.5) is 5.69 Å². The summed E-state index contributed by atoms with van der Waals surface area (Å²) < 4.78 is 0. The number of allylic oxidation sites excluding steroid dienone is 3. The highest BCUT2D eigenvalue weighted by Crippen LogP contribution is 2.42. The number of nitriles is 1. The molecule has 2 aromatic carbocycles. The predicted octanol–water partition coefficient (Wildman–Crippen LogP) is 5.61. The maximum Gasteiger partial charge on any atom is 0.234 e. The lowest BCUT2D eigenvalue weighted by Gasteiger charge is -2.29. The summed E-state index contributed by atoms with van der Waals surface area (Å²) in [5, 5.41) is 17.1. The highest BCUT2D eigenvalue weighted by molar-refractivity contribution is 8.03. The van der Waals surface area contributed by atoms with E-state index in [0.29, 0.717) is 32.5 Å². The van der Waals surface area contributed by atoms with Crippen LogP contribution in [-0.4, -0.2) is 17.4 Å². The molecule has 2 N–H and O–H groups in total. The van der Waals surface area contributed by atoms with Gasteiger partial charge in [-0.05, 0) is 51.0 Å². The first-order valence-corrected chi connectivity index (χ1v) is 11.5. The van der Waals surface area contributed by atoms with Crippen molar-refractivity contribution in [3.63, 3.8) is 0 Å². The van der Waals surface area contributed by atoms with Crippen LogP contribution in [0.2, 0.25) is 5.02 Å².